The first-order valence-corrected chi connectivity index (χ1v) is 8.44. The van der Waals surface area contributed by atoms with Gasteiger partial charge in [0.15, 0.2) is 0 Å². The van der Waals surface area contributed by atoms with Crippen molar-refractivity contribution in [1.29, 1.82) is 0 Å². The molecule has 0 aromatic heterocycles. The maximum Gasteiger partial charge on any atom is 0.322 e. The average Bonchev–Trinajstić information content (AvgIpc) is 2.59. The van der Waals surface area contributed by atoms with Crippen LogP contribution in [0.25, 0.3) is 0 Å². The third kappa shape index (κ3) is 6.15. The number of rotatable bonds is 8. The van der Waals surface area contributed by atoms with Gasteiger partial charge in [0.25, 0.3) is 0 Å². The zero-order valence-corrected chi connectivity index (χ0v) is 13.9. The SMILES string of the molecule is CCCCCCN(Cc1ccccc1)C(=O)Nc1ccccc1. The minimum absolute atomic E-state index is 0.0310. The van der Waals surface area contributed by atoms with Crippen LogP contribution in [0.5, 0.6) is 0 Å². The van der Waals surface area contributed by atoms with Crippen LogP contribution in [-0.2, 0) is 6.54 Å². The Balaban J connectivity index is 1.98. The topological polar surface area (TPSA) is 32.3 Å². The number of hydrogen-bond acceptors (Lipinski definition) is 1. The van der Waals surface area contributed by atoms with E-state index in [0.29, 0.717) is 6.54 Å². The van der Waals surface area contributed by atoms with Crippen LogP contribution in [0, 0.1) is 0 Å². The first-order chi connectivity index (χ1) is 11.3. The minimum atomic E-state index is -0.0310. The van der Waals surface area contributed by atoms with E-state index in [4.69, 9.17) is 0 Å². The summed E-state index contributed by atoms with van der Waals surface area (Å²) in [5.41, 5.74) is 2.00. The number of carbonyl (C=O) groups is 1. The van der Waals surface area contributed by atoms with E-state index in [1.807, 2.05) is 53.4 Å². The van der Waals surface area contributed by atoms with E-state index in [9.17, 15) is 4.79 Å². The Morgan fingerprint density at radius 1 is 0.913 bits per heavy atom. The van der Waals surface area contributed by atoms with E-state index in [-0.39, 0.29) is 6.03 Å². The normalized spacial score (nSPS) is 10.3. The third-order valence-corrected chi connectivity index (χ3v) is 3.81. The molecule has 1 N–H and O–H groups in total. The summed E-state index contributed by atoms with van der Waals surface area (Å²) in [7, 11) is 0. The number of para-hydroxylation sites is 1. The van der Waals surface area contributed by atoms with E-state index in [1.54, 1.807) is 0 Å². The molecule has 0 spiro atoms. The van der Waals surface area contributed by atoms with E-state index >= 15 is 0 Å². The van der Waals surface area contributed by atoms with Gasteiger partial charge in [-0.1, -0.05) is 74.7 Å². The van der Waals surface area contributed by atoms with E-state index in [1.165, 1.54) is 19.3 Å². The van der Waals surface area contributed by atoms with Gasteiger partial charge < -0.3 is 10.2 Å². The van der Waals surface area contributed by atoms with Crippen molar-refractivity contribution in [3.05, 3.63) is 66.2 Å². The molecular formula is C20H26N2O. The summed E-state index contributed by atoms with van der Waals surface area (Å²) in [6, 6.07) is 19.8. The number of hydrogen-bond donors (Lipinski definition) is 1. The van der Waals surface area contributed by atoms with Crippen LogP contribution in [0.3, 0.4) is 0 Å². The van der Waals surface area contributed by atoms with Crippen molar-refractivity contribution in [1.82, 2.24) is 4.90 Å². The summed E-state index contributed by atoms with van der Waals surface area (Å²) in [4.78, 5) is 14.5. The fourth-order valence-corrected chi connectivity index (χ4v) is 2.51. The highest BCUT2D eigenvalue weighted by molar-refractivity contribution is 5.89. The van der Waals surface area contributed by atoms with E-state index < -0.39 is 0 Å². The van der Waals surface area contributed by atoms with Crippen LogP contribution in [-0.4, -0.2) is 17.5 Å². The van der Waals surface area contributed by atoms with Gasteiger partial charge in [0, 0.05) is 18.8 Å². The smallest absolute Gasteiger partial charge is 0.320 e. The number of carbonyl (C=O) groups excluding carboxylic acids is 1. The molecule has 3 heteroatoms. The molecule has 2 rings (SSSR count). The van der Waals surface area contributed by atoms with Crippen LogP contribution in [0.2, 0.25) is 0 Å². The van der Waals surface area contributed by atoms with Gasteiger partial charge in [-0.05, 0) is 24.1 Å². The summed E-state index contributed by atoms with van der Waals surface area (Å²) >= 11 is 0. The highest BCUT2D eigenvalue weighted by atomic mass is 16.2. The predicted octanol–water partition coefficient (Wildman–Crippen LogP) is 5.30. The number of amides is 2. The van der Waals surface area contributed by atoms with Gasteiger partial charge in [0.2, 0.25) is 0 Å². The first-order valence-electron chi connectivity index (χ1n) is 8.44. The third-order valence-electron chi connectivity index (χ3n) is 3.81. The maximum absolute atomic E-state index is 12.6. The molecule has 0 saturated heterocycles. The number of benzene rings is 2. The summed E-state index contributed by atoms with van der Waals surface area (Å²) in [5.74, 6) is 0. The molecule has 122 valence electrons. The summed E-state index contributed by atoms with van der Waals surface area (Å²) in [5, 5.41) is 2.99. The summed E-state index contributed by atoms with van der Waals surface area (Å²) in [6.45, 7) is 3.63. The Bertz CT molecular complexity index is 569. The van der Waals surface area contributed by atoms with Crippen LogP contribution in [0.1, 0.15) is 38.2 Å². The quantitative estimate of drug-likeness (QED) is 0.659. The second-order valence-electron chi connectivity index (χ2n) is 5.76. The Kier molecular flexibility index (Phi) is 7.18. The van der Waals surface area contributed by atoms with Crippen molar-refractivity contribution in [3.63, 3.8) is 0 Å². The summed E-state index contributed by atoms with van der Waals surface area (Å²) in [6.07, 6.45) is 4.64. The molecule has 2 amide bonds. The number of nitrogens with one attached hydrogen (secondary N) is 1. The minimum Gasteiger partial charge on any atom is -0.320 e. The van der Waals surface area contributed by atoms with E-state index in [2.05, 4.69) is 24.4 Å². The first kappa shape index (κ1) is 17.1. The molecule has 0 atom stereocenters. The molecule has 23 heavy (non-hydrogen) atoms. The molecule has 0 radical (unpaired) electrons. The molecule has 0 heterocycles. The van der Waals surface area contributed by atoms with Crippen molar-refractivity contribution in [3.8, 4) is 0 Å². The zero-order chi connectivity index (χ0) is 16.3. The lowest BCUT2D eigenvalue weighted by atomic mass is 10.2. The van der Waals surface area contributed by atoms with Gasteiger partial charge in [-0.15, -0.1) is 0 Å². The highest BCUT2D eigenvalue weighted by Crippen LogP contribution is 2.11. The van der Waals surface area contributed by atoms with Crippen LogP contribution in [0.4, 0.5) is 10.5 Å². The van der Waals surface area contributed by atoms with Gasteiger partial charge in [0.05, 0.1) is 0 Å². The Morgan fingerprint density at radius 2 is 1.57 bits per heavy atom. The van der Waals surface area contributed by atoms with Crippen LogP contribution < -0.4 is 5.32 Å². The molecule has 2 aromatic carbocycles. The van der Waals surface area contributed by atoms with Gasteiger partial charge in [-0.25, -0.2) is 4.79 Å². The fraction of sp³-hybridized carbons (Fsp3) is 0.350. The average molecular weight is 310 g/mol. The van der Waals surface area contributed by atoms with Crippen LogP contribution in [0.15, 0.2) is 60.7 Å². The molecular weight excluding hydrogens is 284 g/mol. The zero-order valence-electron chi connectivity index (χ0n) is 13.9. The number of unbranched alkanes of at least 4 members (excludes halogenated alkanes) is 3. The molecule has 2 aromatic rings. The van der Waals surface area contributed by atoms with Crippen molar-refractivity contribution in [2.24, 2.45) is 0 Å². The molecule has 0 aliphatic heterocycles. The summed E-state index contributed by atoms with van der Waals surface area (Å²) < 4.78 is 0. The van der Waals surface area contributed by atoms with Crippen molar-refractivity contribution >= 4 is 11.7 Å². The van der Waals surface area contributed by atoms with E-state index in [0.717, 1.165) is 24.2 Å². The molecule has 0 unspecified atom stereocenters. The fourth-order valence-electron chi connectivity index (χ4n) is 2.51. The maximum atomic E-state index is 12.6. The van der Waals surface area contributed by atoms with Crippen molar-refractivity contribution in [2.45, 2.75) is 39.2 Å². The largest absolute Gasteiger partial charge is 0.322 e. The molecule has 3 nitrogen and oxygen atoms in total. The molecule has 0 bridgehead atoms. The lowest BCUT2D eigenvalue weighted by Crippen LogP contribution is -2.35. The molecule has 0 saturated carbocycles. The second kappa shape index (κ2) is 9.67. The van der Waals surface area contributed by atoms with Crippen molar-refractivity contribution in [2.75, 3.05) is 11.9 Å². The Hall–Kier alpha value is -2.29. The van der Waals surface area contributed by atoms with Gasteiger partial charge in [-0.3, -0.25) is 0 Å². The lowest BCUT2D eigenvalue weighted by molar-refractivity contribution is 0.207. The number of anilines is 1. The van der Waals surface area contributed by atoms with Crippen LogP contribution >= 0.6 is 0 Å². The van der Waals surface area contributed by atoms with Gasteiger partial charge in [0.1, 0.15) is 0 Å². The van der Waals surface area contributed by atoms with Crippen molar-refractivity contribution < 1.29 is 4.79 Å². The monoisotopic (exact) mass is 310 g/mol. The Labute approximate surface area is 139 Å². The molecule has 0 fully saturated rings. The molecule has 0 aliphatic rings. The number of nitrogens with zero attached hydrogens (tertiary/aromatic N) is 1. The van der Waals surface area contributed by atoms with Gasteiger partial charge >= 0.3 is 6.03 Å². The predicted molar refractivity (Wildman–Crippen MR) is 96.5 cm³/mol. The molecule has 0 aliphatic carbocycles. The lowest BCUT2D eigenvalue weighted by Gasteiger charge is -2.23. The number of urea groups is 1. The second-order valence-corrected chi connectivity index (χ2v) is 5.76. The van der Waals surface area contributed by atoms with Gasteiger partial charge in [-0.2, -0.15) is 0 Å². The standard InChI is InChI=1S/C20H26N2O/c1-2-3-4-11-16-22(17-18-12-7-5-8-13-18)20(23)21-19-14-9-6-10-15-19/h5-10,12-15H,2-4,11,16-17H2,1H3,(H,21,23). The Morgan fingerprint density at radius 3 is 2.22 bits per heavy atom. The highest BCUT2D eigenvalue weighted by Gasteiger charge is 2.13.